The molecule has 0 spiro atoms. The standard InChI is InChI=1S/C25H30F2N4O.C24H29N3O3/c1-15-9-17(10-16(2)19(15)6-8-28-14-22(26)27)23-30-24(32-31-23)21-13-29-12-18-11-25(3,4)7-5-20(18)21;1-14-7-16(8-15(2)20(14)9-18(29)13-28)22-26-23(30-27-22)21-12-25-11-17-10-24(3,4)6-5-19(17)21/h9-10,12-13,22,28H,5-8,11,14H2,1-4H3;7-8,11-12,18,28-29H,5-6,9-10,13H2,1-4H3. The lowest BCUT2D eigenvalue weighted by Crippen LogP contribution is -2.24. The van der Waals surface area contributed by atoms with E-state index in [1.807, 2.05) is 76.7 Å². The van der Waals surface area contributed by atoms with Crippen LogP contribution in [0.5, 0.6) is 0 Å². The van der Waals surface area contributed by atoms with E-state index in [0.717, 1.165) is 94.2 Å². The van der Waals surface area contributed by atoms with Crippen molar-refractivity contribution in [1.82, 2.24) is 35.6 Å². The van der Waals surface area contributed by atoms with Crippen molar-refractivity contribution in [2.75, 3.05) is 19.7 Å². The number of alkyl halides is 2. The van der Waals surface area contributed by atoms with Gasteiger partial charge in [-0.3, -0.25) is 9.97 Å². The number of rotatable bonds is 12. The molecule has 0 bridgehead atoms. The van der Waals surface area contributed by atoms with Crippen LogP contribution in [0.1, 0.15) is 96.2 Å². The molecule has 4 aromatic heterocycles. The van der Waals surface area contributed by atoms with Crippen LogP contribution in [-0.4, -0.2) is 72.7 Å². The molecule has 2 aliphatic carbocycles. The highest BCUT2D eigenvalue weighted by Gasteiger charge is 2.30. The monoisotopic (exact) mass is 847 g/mol. The number of benzene rings is 2. The van der Waals surface area contributed by atoms with Gasteiger partial charge in [-0.15, -0.1) is 0 Å². The summed E-state index contributed by atoms with van der Waals surface area (Å²) >= 11 is 0. The lowest BCUT2D eigenvalue weighted by atomic mass is 9.74. The van der Waals surface area contributed by atoms with E-state index >= 15 is 0 Å². The molecule has 11 nitrogen and oxygen atoms in total. The van der Waals surface area contributed by atoms with Crippen LogP contribution in [0.25, 0.3) is 45.7 Å². The van der Waals surface area contributed by atoms with Crippen molar-refractivity contribution in [3.63, 3.8) is 0 Å². The Kier molecular flexibility index (Phi) is 13.5. The number of aromatic nitrogens is 6. The highest BCUT2D eigenvalue weighted by atomic mass is 19.3. The fraction of sp³-hybridized carbons (Fsp3) is 0.469. The van der Waals surface area contributed by atoms with E-state index in [-0.39, 0.29) is 24.0 Å². The fourth-order valence-corrected chi connectivity index (χ4v) is 9.05. The Bertz CT molecular complexity index is 2480. The molecule has 6 aromatic rings. The van der Waals surface area contributed by atoms with E-state index in [2.05, 4.69) is 63.3 Å². The van der Waals surface area contributed by atoms with Crippen LogP contribution in [0.2, 0.25) is 0 Å². The molecule has 0 amide bonds. The van der Waals surface area contributed by atoms with Gasteiger partial charge in [-0.25, -0.2) is 8.78 Å². The van der Waals surface area contributed by atoms with Gasteiger partial charge in [0, 0.05) is 42.3 Å². The van der Waals surface area contributed by atoms with Gasteiger partial charge in [0.1, 0.15) is 0 Å². The molecule has 2 aliphatic rings. The van der Waals surface area contributed by atoms with E-state index in [1.54, 1.807) is 0 Å². The number of nitrogens with zero attached hydrogens (tertiary/aromatic N) is 6. The molecule has 62 heavy (non-hydrogen) atoms. The van der Waals surface area contributed by atoms with Gasteiger partial charge in [0.2, 0.25) is 11.6 Å². The van der Waals surface area contributed by atoms with E-state index < -0.39 is 12.5 Å². The molecule has 8 rings (SSSR count). The van der Waals surface area contributed by atoms with E-state index in [0.29, 0.717) is 42.8 Å². The van der Waals surface area contributed by atoms with Gasteiger partial charge in [-0.2, -0.15) is 9.97 Å². The predicted molar refractivity (Wildman–Crippen MR) is 236 cm³/mol. The molecular weight excluding hydrogens is 789 g/mol. The van der Waals surface area contributed by atoms with E-state index in [1.165, 1.54) is 22.3 Å². The first kappa shape index (κ1) is 44.8. The Morgan fingerprint density at radius 2 is 1.15 bits per heavy atom. The molecule has 3 N–H and O–H groups in total. The zero-order valence-electron chi connectivity index (χ0n) is 37.2. The molecule has 2 aromatic carbocycles. The van der Waals surface area contributed by atoms with E-state index in [9.17, 15) is 13.9 Å². The second kappa shape index (κ2) is 18.6. The smallest absolute Gasteiger partial charge is 0.260 e. The Hall–Kier alpha value is -5.24. The molecule has 0 aliphatic heterocycles. The first-order valence-electron chi connectivity index (χ1n) is 21.6. The number of aliphatic hydroxyl groups is 2. The van der Waals surface area contributed by atoms with Crippen LogP contribution in [0, 0.1) is 38.5 Å². The topological polar surface area (TPSA) is 156 Å². The molecule has 0 saturated heterocycles. The number of hydrogen-bond donors (Lipinski definition) is 3. The second-order valence-electron chi connectivity index (χ2n) is 18.7. The first-order chi connectivity index (χ1) is 29.5. The molecule has 328 valence electrons. The van der Waals surface area contributed by atoms with Crippen molar-refractivity contribution in [2.45, 2.75) is 119 Å². The highest BCUT2D eigenvalue weighted by molar-refractivity contribution is 5.66. The van der Waals surface area contributed by atoms with Crippen LogP contribution in [0.3, 0.4) is 0 Å². The van der Waals surface area contributed by atoms with Gasteiger partial charge in [-0.1, -0.05) is 38.0 Å². The van der Waals surface area contributed by atoms with Crippen LogP contribution in [0.15, 0.2) is 58.1 Å². The minimum Gasteiger partial charge on any atom is -0.394 e. The number of hydrogen-bond acceptors (Lipinski definition) is 11. The summed E-state index contributed by atoms with van der Waals surface area (Å²) < 4.78 is 35.9. The van der Waals surface area contributed by atoms with Crippen molar-refractivity contribution >= 4 is 0 Å². The van der Waals surface area contributed by atoms with Crippen molar-refractivity contribution < 1.29 is 28.0 Å². The summed E-state index contributed by atoms with van der Waals surface area (Å²) in [6.07, 6.45) is 11.8. The Balaban J connectivity index is 0.000000187. The largest absolute Gasteiger partial charge is 0.394 e. The van der Waals surface area contributed by atoms with Crippen molar-refractivity contribution in [3.8, 4) is 45.7 Å². The molecule has 0 fully saturated rings. The molecule has 1 unspecified atom stereocenters. The third-order valence-electron chi connectivity index (χ3n) is 12.5. The zero-order chi connectivity index (χ0) is 44.3. The van der Waals surface area contributed by atoms with Crippen molar-refractivity contribution in [2.24, 2.45) is 10.8 Å². The summed E-state index contributed by atoms with van der Waals surface area (Å²) in [4.78, 5) is 18.2. The maximum Gasteiger partial charge on any atom is 0.260 e. The summed E-state index contributed by atoms with van der Waals surface area (Å²) in [5.74, 6) is 2.09. The Morgan fingerprint density at radius 3 is 1.58 bits per heavy atom. The molecule has 13 heteroatoms. The molecule has 0 saturated carbocycles. The fourth-order valence-electron chi connectivity index (χ4n) is 9.05. The number of pyridine rings is 2. The van der Waals surface area contributed by atoms with Gasteiger partial charge in [0.05, 0.1) is 30.4 Å². The summed E-state index contributed by atoms with van der Waals surface area (Å²) in [6.45, 7) is 17.2. The van der Waals surface area contributed by atoms with Crippen molar-refractivity contribution in [1.29, 1.82) is 0 Å². The van der Waals surface area contributed by atoms with Crippen LogP contribution in [-0.2, 0) is 38.5 Å². The van der Waals surface area contributed by atoms with Crippen molar-refractivity contribution in [3.05, 3.63) is 105 Å². The number of nitrogens with one attached hydrogen (secondary N) is 1. The summed E-state index contributed by atoms with van der Waals surface area (Å²) in [5.41, 5.74) is 15.7. The van der Waals surface area contributed by atoms with Crippen LogP contribution < -0.4 is 5.32 Å². The van der Waals surface area contributed by atoms with Gasteiger partial charge < -0.3 is 24.6 Å². The van der Waals surface area contributed by atoms with Crippen LogP contribution >= 0.6 is 0 Å². The SMILES string of the molecule is Cc1cc(-c2noc(-c3cncc4c3CCC(C)(C)C4)n2)cc(C)c1CC(O)CO.Cc1cc(-c2noc(-c3cncc4c3CCC(C)(C)C4)n2)cc(C)c1CCNCC(F)F. The average Bonchev–Trinajstić information content (AvgIpc) is 3.92. The third-order valence-corrected chi connectivity index (χ3v) is 12.5. The van der Waals surface area contributed by atoms with Gasteiger partial charge >= 0.3 is 0 Å². The molecule has 1 atom stereocenters. The van der Waals surface area contributed by atoms with Gasteiger partial charge in [0.15, 0.2) is 0 Å². The lowest BCUT2D eigenvalue weighted by Gasteiger charge is -2.31. The predicted octanol–water partition coefficient (Wildman–Crippen LogP) is 9.15. The van der Waals surface area contributed by atoms with Gasteiger partial charge in [0.25, 0.3) is 18.2 Å². The normalized spacial score (nSPS) is 15.8. The lowest BCUT2D eigenvalue weighted by molar-refractivity contribution is 0.0953. The quantitative estimate of drug-likeness (QED) is 0.101. The van der Waals surface area contributed by atoms with Gasteiger partial charge in [-0.05, 0) is 170 Å². The number of aryl methyl sites for hydroxylation is 4. The number of halogens is 2. The van der Waals surface area contributed by atoms with E-state index in [4.69, 9.17) is 14.2 Å². The van der Waals surface area contributed by atoms with Crippen LogP contribution in [0.4, 0.5) is 8.78 Å². The minimum absolute atomic E-state index is 0.249. The third kappa shape index (κ3) is 10.3. The molecule has 0 radical (unpaired) electrons. The maximum absolute atomic E-state index is 12.3. The highest BCUT2D eigenvalue weighted by Crippen LogP contribution is 2.40. The summed E-state index contributed by atoms with van der Waals surface area (Å²) in [5, 5.41) is 30.2. The first-order valence-corrected chi connectivity index (χ1v) is 21.6. The second-order valence-corrected chi connectivity index (χ2v) is 18.7. The molecular formula is C49H59F2N7O4. The number of fused-ring (bicyclic) bond motifs is 2. The Labute approximate surface area is 362 Å². The molecule has 4 heterocycles. The summed E-state index contributed by atoms with van der Waals surface area (Å²) in [6, 6.07) is 8.07. The minimum atomic E-state index is -2.33. The average molecular weight is 848 g/mol. The maximum atomic E-state index is 12.3. The zero-order valence-corrected chi connectivity index (χ0v) is 37.2. The summed E-state index contributed by atoms with van der Waals surface area (Å²) in [7, 11) is 0. The number of aliphatic hydroxyl groups excluding tert-OH is 2. The Morgan fingerprint density at radius 1 is 0.694 bits per heavy atom.